The third kappa shape index (κ3) is 3.65. The first-order valence-electron chi connectivity index (χ1n) is 7.22. The summed E-state index contributed by atoms with van der Waals surface area (Å²) in [5, 5.41) is 0. The molecule has 1 unspecified atom stereocenters. The van der Waals surface area contributed by atoms with E-state index in [-0.39, 0.29) is 0 Å². The first-order valence-corrected chi connectivity index (χ1v) is 8.37. The summed E-state index contributed by atoms with van der Waals surface area (Å²) in [4.78, 5) is 2.15. The summed E-state index contributed by atoms with van der Waals surface area (Å²) in [6, 6.07) is 16.9. The topological polar surface area (TPSA) is 6.48 Å². The predicted molar refractivity (Wildman–Crippen MR) is 97.2 cm³/mol. The molecule has 0 aliphatic rings. The quantitative estimate of drug-likeness (QED) is 0.665. The first kappa shape index (κ1) is 15.6. The number of hydrogen-bond acceptors (Lipinski definition) is 2. The van der Waals surface area contributed by atoms with Crippen LogP contribution in [0.25, 0.3) is 0 Å². The maximum atomic E-state index is 4.00. The van der Waals surface area contributed by atoms with Crippen LogP contribution in [-0.4, -0.2) is 13.2 Å². The minimum atomic E-state index is 0.783. The van der Waals surface area contributed by atoms with Gasteiger partial charge in [-0.3, -0.25) is 0 Å². The lowest BCUT2D eigenvalue weighted by Crippen LogP contribution is -2.14. The molecule has 2 rings (SSSR count). The number of anilines is 3. The van der Waals surface area contributed by atoms with E-state index in [0.29, 0.717) is 0 Å². The number of nitrogens with zero attached hydrogens (tertiary/aromatic N) is 2. The van der Waals surface area contributed by atoms with E-state index in [4.69, 9.17) is 0 Å². The van der Waals surface area contributed by atoms with Crippen LogP contribution < -0.4 is 9.57 Å². The molecule has 0 spiro atoms. The highest BCUT2D eigenvalue weighted by Gasteiger charge is 2.13. The second-order valence-electron chi connectivity index (χ2n) is 4.95. The van der Waals surface area contributed by atoms with Crippen LogP contribution in [0.15, 0.2) is 61.3 Å². The van der Waals surface area contributed by atoms with Crippen LogP contribution in [0.1, 0.15) is 12.5 Å². The van der Waals surface area contributed by atoms with Gasteiger partial charge in [0.25, 0.3) is 0 Å². The van der Waals surface area contributed by atoms with Gasteiger partial charge in [0.1, 0.15) is 0 Å². The number of aryl methyl sites for hydroxylation is 1. The van der Waals surface area contributed by atoms with Crippen molar-refractivity contribution in [2.75, 3.05) is 22.8 Å². The van der Waals surface area contributed by atoms with Crippen molar-refractivity contribution in [3.8, 4) is 0 Å². The summed E-state index contributed by atoms with van der Waals surface area (Å²) in [5.41, 5.74) is 4.81. The third-order valence-electron chi connectivity index (χ3n) is 3.36. The molecule has 0 amide bonds. The van der Waals surface area contributed by atoms with E-state index in [2.05, 4.69) is 79.5 Å². The van der Waals surface area contributed by atoms with Crippen LogP contribution in [0, 0.1) is 6.92 Å². The van der Waals surface area contributed by atoms with E-state index in [9.17, 15) is 0 Å². The minimum absolute atomic E-state index is 0.783. The lowest BCUT2D eigenvalue weighted by Gasteiger charge is -2.28. The van der Waals surface area contributed by atoms with Crippen molar-refractivity contribution < 1.29 is 0 Å². The predicted octanol–water partition coefficient (Wildman–Crippen LogP) is 5.33. The van der Waals surface area contributed by atoms with Gasteiger partial charge < -0.3 is 9.57 Å². The standard InChI is InChI=1S/C18H23N2P/c1-5-20(16-10-8-7-9-11-16)18-14-15(3)12-13-17(18)19(4)21-6-2/h5,7-14,21H,1,6H2,2-4H3. The summed E-state index contributed by atoms with van der Waals surface area (Å²) in [6.45, 7) is 8.34. The average molecular weight is 298 g/mol. The molecule has 2 nitrogen and oxygen atoms in total. The number of hydrogen-bond donors (Lipinski definition) is 0. The molecule has 0 aliphatic heterocycles. The van der Waals surface area contributed by atoms with E-state index < -0.39 is 0 Å². The summed E-state index contributed by atoms with van der Waals surface area (Å²) < 4.78 is 2.33. The number of para-hydroxylation sites is 1. The third-order valence-corrected chi connectivity index (χ3v) is 4.40. The Hall–Kier alpha value is -1.79. The van der Waals surface area contributed by atoms with E-state index in [1.54, 1.807) is 0 Å². The van der Waals surface area contributed by atoms with Crippen molar-refractivity contribution in [2.24, 2.45) is 0 Å². The van der Waals surface area contributed by atoms with Gasteiger partial charge in [0.15, 0.2) is 0 Å². The molecular formula is C18H23N2P. The molecule has 0 bridgehead atoms. The van der Waals surface area contributed by atoms with E-state index in [0.717, 1.165) is 20.6 Å². The van der Waals surface area contributed by atoms with Gasteiger partial charge >= 0.3 is 0 Å². The normalized spacial score (nSPS) is 10.8. The molecular weight excluding hydrogens is 275 g/mol. The van der Waals surface area contributed by atoms with Crippen LogP contribution in [0.3, 0.4) is 0 Å². The first-order chi connectivity index (χ1) is 10.2. The van der Waals surface area contributed by atoms with Crippen molar-refractivity contribution in [3.05, 3.63) is 66.9 Å². The van der Waals surface area contributed by atoms with Crippen LogP contribution in [-0.2, 0) is 0 Å². The highest BCUT2D eigenvalue weighted by Crippen LogP contribution is 2.38. The largest absolute Gasteiger partial charge is 0.355 e. The summed E-state index contributed by atoms with van der Waals surface area (Å²) in [5.74, 6) is 0. The maximum absolute atomic E-state index is 4.00. The Bertz CT molecular complexity index is 595. The summed E-state index contributed by atoms with van der Waals surface area (Å²) in [7, 11) is 2.94. The van der Waals surface area contributed by atoms with Gasteiger partial charge in [0.2, 0.25) is 0 Å². The molecule has 2 aromatic carbocycles. The molecule has 0 saturated heterocycles. The second-order valence-corrected chi connectivity index (χ2v) is 6.65. The Balaban J connectivity index is 2.49. The monoisotopic (exact) mass is 298 g/mol. The Kier molecular flexibility index (Phi) is 5.41. The van der Waals surface area contributed by atoms with Crippen LogP contribution >= 0.6 is 8.73 Å². The minimum Gasteiger partial charge on any atom is -0.355 e. The van der Waals surface area contributed by atoms with E-state index in [1.807, 2.05) is 12.3 Å². The molecule has 110 valence electrons. The molecule has 0 aromatic heterocycles. The SMILES string of the molecule is C=CN(c1ccccc1)c1cc(C)ccc1N(C)PCC. The molecule has 0 aliphatic carbocycles. The Morgan fingerprint density at radius 1 is 1.10 bits per heavy atom. The van der Waals surface area contributed by atoms with Gasteiger partial charge in [-0.1, -0.05) is 37.8 Å². The molecule has 0 radical (unpaired) electrons. The smallest absolute Gasteiger partial charge is 0.0694 e. The van der Waals surface area contributed by atoms with E-state index in [1.165, 1.54) is 16.9 Å². The zero-order valence-corrected chi connectivity index (χ0v) is 14.0. The number of benzene rings is 2. The van der Waals surface area contributed by atoms with Crippen LogP contribution in [0.4, 0.5) is 17.1 Å². The van der Waals surface area contributed by atoms with Crippen molar-refractivity contribution in [1.29, 1.82) is 0 Å². The summed E-state index contributed by atoms with van der Waals surface area (Å²) >= 11 is 0. The van der Waals surface area contributed by atoms with Gasteiger partial charge in [-0.05, 0) is 51.6 Å². The average Bonchev–Trinajstić information content (AvgIpc) is 2.49. The van der Waals surface area contributed by atoms with Gasteiger partial charge in [-0.25, -0.2) is 0 Å². The van der Waals surface area contributed by atoms with Gasteiger partial charge in [0, 0.05) is 18.9 Å². The number of rotatable bonds is 6. The zero-order valence-electron chi connectivity index (χ0n) is 13.0. The van der Waals surface area contributed by atoms with Crippen molar-refractivity contribution in [1.82, 2.24) is 0 Å². The molecule has 2 aromatic rings. The fourth-order valence-electron chi connectivity index (χ4n) is 2.36. The van der Waals surface area contributed by atoms with Crippen molar-refractivity contribution in [3.63, 3.8) is 0 Å². The van der Waals surface area contributed by atoms with Crippen molar-refractivity contribution in [2.45, 2.75) is 13.8 Å². The molecule has 0 fully saturated rings. The lowest BCUT2D eigenvalue weighted by molar-refractivity contribution is 1.23. The molecule has 3 heteroatoms. The zero-order chi connectivity index (χ0) is 15.2. The molecule has 0 N–H and O–H groups in total. The highest BCUT2D eigenvalue weighted by atomic mass is 31.1. The van der Waals surface area contributed by atoms with Crippen LogP contribution in [0.2, 0.25) is 0 Å². The van der Waals surface area contributed by atoms with Crippen LogP contribution in [0.5, 0.6) is 0 Å². The molecule has 0 heterocycles. The molecule has 1 atom stereocenters. The van der Waals surface area contributed by atoms with E-state index >= 15 is 0 Å². The Morgan fingerprint density at radius 2 is 1.81 bits per heavy atom. The van der Waals surface area contributed by atoms with Crippen molar-refractivity contribution >= 4 is 25.8 Å². The molecule has 0 saturated carbocycles. The summed E-state index contributed by atoms with van der Waals surface area (Å²) in [6.07, 6.45) is 3.04. The Labute approximate surface area is 129 Å². The fraction of sp³-hybridized carbons (Fsp3) is 0.222. The second kappa shape index (κ2) is 7.28. The fourth-order valence-corrected chi connectivity index (χ4v) is 3.20. The molecule has 21 heavy (non-hydrogen) atoms. The van der Waals surface area contributed by atoms with Gasteiger partial charge in [-0.15, -0.1) is 0 Å². The lowest BCUT2D eigenvalue weighted by atomic mass is 10.1. The van der Waals surface area contributed by atoms with Gasteiger partial charge in [-0.2, -0.15) is 0 Å². The highest BCUT2D eigenvalue weighted by molar-refractivity contribution is 7.40. The van der Waals surface area contributed by atoms with Gasteiger partial charge in [0.05, 0.1) is 11.4 Å². The maximum Gasteiger partial charge on any atom is 0.0694 e. The Morgan fingerprint density at radius 3 is 2.43 bits per heavy atom.